The van der Waals surface area contributed by atoms with Gasteiger partial charge >= 0.3 is 5.97 Å². The van der Waals surface area contributed by atoms with E-state index in [4.69, 9.17) is 9.84 Å². The number of hydrogen-bond donors (Lipinski definition) is 2. The number of carbonyl (C=O) groups is 1. The highest BCUT2D eigenvalue weighted by molar-refractivity contribution is 7.15. The van der Waals surface area contributed by atoms with E-state index in [0.29, 0.717) is 17.7 Å². The van der Waals surface area contributed by atoms with Crippen molar-refractivity contribution in [2.45, 2.75) is 13.8 Å². The number of rotatable bonds is 6. The Bertz CT molecular complexity index is 365. The van der Waals surface area contributed by atoms with Crippen molar-refractivity contribution >= 4 is 22.4 Å². The molecule has 0 amide bonds. The van der Waals surface area contributed by atoms with Gasteiger partial charge in [-0.25, -0.2) is 9.78 Å². The predicted molar refractivity (Wildman–Crippen MR) is 63.3 cm³/mol. The Kier molecular flexibility index (Phi) is 4.70. The maximum Gasteiger partial charge on any atom is 0.355 e. The lowest BCUT2D eigenvalue weighted by atomic mass is 10.2. The SMILES string of the molecule is COCC(C)CNc1nc(C(=O)O)c(C)s1. The Morgan fingerprint density at radius 1 is 1.69 bits per heavy atom. The second-order valence-corrected chi connectivity index (χ2v) is 4.87. The molecule has 0 radical (unpaired) electrons. The lowest BCUT2D eigenvalue weighted by Gasteiger charge is -2.09. The number of ether oxygens (including phenoxy) is 1. The molecule has 5 nitrogen and oxygen atoms in total. The molecule has 0 spiro atoms. The van der Waals surface area contributed by atoms with Crippen LogP contribution in [-0.2, 0) is 4.74 Å². The predicted octanol–water partition coefficient (Wildman–Crippen LogP) is 1.84. The number of carboxylic acids is 1. The van der Waals surface area contributed by atoms with Gasteiger partial charge in [0.15, 0.2) is 10.8 Å². The van der Waals surface area contributed by atoms with E-state index >= 15 is 0 Å². The fourth-order valence-electron chi connectivity index (χ4n) is 1.28. The van der Waals surface area contributed by atoms with Crippen LogP contribution in [0.15, 0.2) is 0 Å². The van der Waals surface area contributed by atoms with Gasteiger partial charge in [0, 0.05) is 18.5 Å². The number of anilines is 1. The first-order chi connectivity index (χ1) is 7.54. The van der Waals surface area contributed by atoms with E-state index in [1.807, 2.05) is 0 Å². The minimum absolute atomic E-state index is 0.131. The molecule has 2 N–H and O–H groups in total. The highest BCUT2D eigenvalue weighted by atomic mass is 32.1. The number of aromatic carboxylic acids is 1. The number of aromatic nitrogens is 1. The summed E-state index contributed by atoms with van der Waals surface area (Å²) in [5.41, 5.74) is 0.131. The highest BCUT2D eigenvalue weighted by Gasteiger charge is 2.14. The van der Waals surface area contributed by atoms with E-state index in [0.717, 1.165) is 11.4 Å². The molecule has 0 bridgehead atoms. The van der Waals surface area contributed by atoms with Gasteiger partial charge in [-0.2, -0.15) is 0 Å². The van der Waals surface area contributed by atoms with Crippen molar-refractivity contribution in [2.24, 2.45) is 5.92 Å². The minimum atomic E-state index is -0.980. The van der Waals surface area contributed by atoms with Crippen LogP contribution in [0.4, 0.5) is 5.13 Å². The Morgan fingerprint density at radius 2 is 2.38 bits per heavy atom. The molecule has 90 valence electrons. The monoisotopic (exact) mass is 244 g/mol. The van der Waals surface area contributed by atoms with Gasteiger partial charge in [0.1, 0.15) is 0 Å². The maximum absolute atomic E-state index is 10.8. The molecule has 0 aliphatic rings. The molecule has 6 heteroatoms. The summed E-state index contributed by atoms with van der Waals surface area (Å²) in [7, 11) is 1.66. The molecule has 0 saturated heterocycles. The molecule has 0 aliphatic heterocycles. The van der Waals surface area contributed by atoms with Crippen LogP contribution in [0.5, 0.6) is 0 Å². The molecule has 0 aliphatic carbocycles. The van der Waals surface area contributed by atoms with Crippen molar-refractivity contribution < 1.29 is 14.6 Å². The average molecular weight is 244 g/mol. The van der Waals surface area contributed by atoms with Crippen LogP contribution >= 0.6 is 11.3 Å². The van der Waals surface area contributed by atoms with Crippen LogP contribution in [0.1, 0.15) is 22.3 Å². The zero-order valence-corrected chi connectivity index (χ0v) is 10.4. The maximum atomic E-state index is 10.8. The molecule has 0 fully saturated rings. The van der Waals surface area contributed by atoms with Gasteiger partial charge in [0.2, 0.25) is 0 Å². The van der Waals surface area contributed by atoms with Crippen LogP contribution in [0.2, 0.25) is 0 Å². The Hall–Kier alpha value is -1.14. The molecule has 1 heterocycles. The van der Waals surface area contributed by atoms with E-state index in [2.05, 4.69) is 17.2 Å². The smallest absolute Gasteiger partial charge is 0.355 e. The van der Waals surface area contributed by atoms with Crippen molar-refractivity contribution in [3.63, 3.8) is 0 Å². The van der Waals surface area contributed by atoms with Crippen LogP contribution < -0.4 is 5.32 Å². The minimum Gasteiger partial charge on any atom is -0.476 e. The fraction of sp³-hybridized carbons (Fsp3) is 0.600. The summed E-state index contributed by atoms with van der Waals surface area (Å²) in [6, 6.07) is 0. The first-order valence-electron chi connectivity index (χ1n) is 4.98. The third-order valence-corrected chi connectivity index (χ3v) is 2.98. The lowest BCUT2D eigenvalue weighted by molar-refractivity contribution is 0.0690. The molecule has 0 saturated carbocycles. The van der Waals surface area contributed by atoms with E-state index < -0.39 is 5.97 Å². The number of thiazole rings is 1. The summed E-state index contributed by atoms with van der Waals surface area (Å²) < 4.78 is 5.01. The molecule has 1 aromatic heterocycles. The van der Waals surface area contributed by atoms with Gasteiger partial charge in [0.25, 0.3) is 0 Å². The highest BCUT2D eigenvalue weighted by Crippen LogP contribution is 2.22. The molecular weight excluding hydrogens is 228 g/mol. The molecule has 1 unspecified atom stereocenters. The Labute approximate surface area is 98.5 Å². The summed E-state index contributed by atoms with van der Waals surface area (Å²) in [6.45, 7) is 5.20. The van der Waals surface area contributed by atoms with Crippen molar-refractivity contribution in [2.75, 3.05) is 25.6 Å². The van der Waals surface area contributed by atoms with E-state index in [1.54, 1.807) is 14.0 Å². The molecular formula is C10H16N2O3S. The summed E-state index contributed by atoms with van der Waals surface area (Å²) in [6.07, 6.45) is 0. The number of methoxy groups -OCH3 is 1. The average Bonchev–Trinajstić information content (AvgIpc) is 2.57. The second-order valence-electron chi connectivity index (χ2n) is 3.67. The summed E-state index contributed by atoms with van der Waals surface area (Å²) in [5, 5.41) is 12.6. The molecule has 1 atom stereocenters. The van der Waals surface area contributed by atoms with Crippen LogP contribution in [0.3, 0.4) is 0 Å². The Balaban J connectivity index is 2.55. The van der Waals surface area contributed by atoms with Crippen LogP contribution in [0.25, 0.3) is 0 Å². The number of hydrogen-bond acceptors (Lipinski definition) is 5. The van der Waals surface area contributed by atoms with Crippen LogP contribution in [0, 0.1) is 12.8 Å². The first-order valence-corrected chi connectivity index (χ1v) is 5.79. The van der Waals surface area contributed by atoms with Crippen molar-refractivity contribution in [3.8, 4) is 0 Å². The summed E-state index contributed by atoms with van der Waals surface area (Å²) in [5.74, 6) is -0.616. The third kappa shape index (κ3) is 3.46. The number of nitrogens with one attached hydrogen (secondary N) is 1. The lowest BCUT2D eigenvalue weighted by Crippen LogP contribution is -2.15. The van der Waals surface area contributed by atoms with Gasteiger partial charge in [0.05, 0.1) is 6.61 Å². The van der Waals surface area contributed by atoms with Gasteiger partial charge in [-0.15, -0.1) is 11.3 Å². The standard InChI is InChI=1S/C10H16N2O3S/c1-6(5-15-3)4-11-10-12-8(9(13)14)7(2)16-10/h6H,4-5H2,1-3H3,(H,11,12)(H,13,14). The second kappa shape index (κ2) is 5.81. The van der Waals surface area contributed by atoms with Crippen LogP contribution in [-0.4, -0.2) is 36.3 Å². The largest absolute Gasteiger partial charge is 0.476 e. The first kappa shape index (κ1) is 12.9. The molecule has 0 aromatic carbocycles. The van der Waals surface area contributed by atoms with Gasteiger partial charge in [-0.05, 0) is 12.8 Å². The zero-order chi connectivity index (χ0) is 12.1. The fourth-order valence-corrected chi connectivity index (χ4v) is 2.09. The summed E-state index contributed by atoms with van der Waals surface area (Å²) in [4.78, 5) is 15.5. The number of carboxylic acid groups (broad SMARTS) is 1. The number of aryl methyl sites for hydroxylation is 1. The topological polar surface area (TPSA) is 71.5 Å². The Morgan fingerprint density at radius 3 is 2.88 bits per heavy atom. The zero-order valence-electron chi connectivity index (χ0n) is 9.61. The van der Waals surface area contributed by atoms with Gasteiger partial charge in [-0.3, -0.25) is 0 Å². The van der Waals surface area contributed by atoms with E-state index in [-0.39, 0.29) is 5.69 Å². The molecule has 16 heavy (non-hydrogen) atoms. The van der Waals surface area contributed by atoms with E-state index in [1.165, 1.54) is 11.3 Å². The molecule has 1 aromatic rings. The number of nitrogens with zero attached hydrogens (tertiary/aromatic N) is 1. The van der Waals surface area contributed by atoms with Crippen molar-refractivity contribution in [1.82, 2.24) is 4.98 Å². The third-order valence-electron chi connectivity index (χ3n) is 2.05. The van der Waals surface area contributed by atoms with Gasteiger partial charge < -0.3 is 15.2 Å². The van der Waals surface area contributed by atoms with Gasteiger partial charge in [-0.1, -0.05) is 6.92 Å². The molecule has 1 rings (SSSR count). The summed E-state index contributed by atoms with van der Waals surface area (Å²) >= 11 is 1.36. The normalized spacial score (nSPS) is 12.4. The quantitative estimate of drug-likeness (QED) is 0.799. The van der Waals surface area contributed by atoms with E-state index in [9.17, 15) is 4.79 Å². The van der Waals surface area contributed by atoms with Crippen molar-refractivity contribution in [3.05, 3.63) is 10.6 Å². The van der Waals surface area contributed by atoms with Crippen molar-refractivity contribution in [1.29, 1.82) is 0 Å².